The summed E-state index contributed by atoms with van der Waals surface area (Å²) in [6, 6.07) is 8.01. The minimum Gasteiger partial charge on any atom is -0.303 e. The molecule has 0 saturated heterocycles. The van der Waals surface area contributed by atoms with Gasteiger partial charge >= 0.3 is 0 Å². The number of hydrogen-bond donors (Lipinski definition) is 0. The molecule has 1 aromatic carbocycles. The van der Waals surface area contributed by atoms with Crippen LogP contribution in [0.2, 0.25) is 0 Å². The molecule has 0 aromatic heterocycles. The van der Waals surface area contributed by atoms with Crippen molar-refractivity contribution in [2.24, 2.45) is 0 Å². The van der Waals surface area contributed by atoms with Crippen LogP contribution in [0.4, 0.5) is 0 Å². The molecule has 0 bridgehead atoms. The monoisotopic (exact) mass is 274 g/mol. The van der Waals surface area contributed by atoms with E-state index in [9.17, 15) is 4.79 Å². The molecule has 0 fully saturated rings. The summed E-state index contributed by atoms with van der Waals surface area (Å²) in [6.07, 6.45) is 1.90. The van der Waals surface area contributed by atoms with E-state index >= 15 is 0 Å². The first-order valence-electron chi connectivity index (χ1n) is 3.99. The van der Waals surface area contributed by atoms with Gasteiger partial charge in [-0.05, 0) is 40.6 Å². The quantitative estimate of drug-likeness (QED) is 0.611. The first-order valence-corrected chi connectivity index (χ1v) is 5.07. The molecule has 0 saturated carbocycles. The fourth-order valence-corrected chi connectivity index (χ4v) is 1.95. The number of rotatable bonds is 3. The second-order valence-corrected chi connectivity index (χ2v) is 3.83. The van der Waals surface area contributed by atoms with Gasteiger partial charge in [0.25, 0.3) is 0 Å². The topological polar surface area (TPSA) is 17.1 Å². The van der Waals surface area contributed by atoms with Crippen LogP contribution in [0, 0.1) is 3.57 Å². The van der Waals surface area contributed by atoms with Gasteiger partial charge in [-0.3, -0.25) is 0 Å². The Balaban J connectivity index is 3.00. The SMILES string of the molecule is CCC(C=O)c1ccccc1I. The molecule has 2 heteroatoms. The van der Waals surface area contributed by atoms with Gasteiger partial charge < -0.3 is 4.79 Å². The second kappa shape index (κ2) is 4.60. The summed E-state index contributed by atoms with van der Waals surface area (Å²) < 4.78 is 1.18. The van der Waals surface area contributed by atoms with Crippen molar-refractivity contribution in [2.45, 2.75) is 19.3 Å². The van der Waals surface area contributed by atoms with E-state index in [1.54, 1.807) is 0 Å². The third kappa shape index (κ3) is 2.06. The molecule has 12 heavy (non-hydrogen) atoms. The van der Waals surface area contributed by atoms with Crippen LogP contribution in [-0.4, -0.2) is 6.29 Å². The highest BCUT2D eigenvalue weighted by atomic mass is 127. The first-order chi connectivity index (χ1) is 5.79. The Morgan fingerprint density at radius 3 is 2.67 bits per heavy atom. The summed E-state index contributed by atoms with van der Waals surface area (Å²) in [4.78, 5) is 10.7. The minimum atomic E-state index is 0.0677. The van der Waals surface area contributed by atoms with E-state index in [0.717, 1.165) is 18.3 Å². The lowest BCUT2D eigenvalue weighted by atomic mass is 9.98. The van der Waals surface area contributed by atoms with Crippen molar-refractivity contribution in [3.63, 3.8) is 0 Å². The van der Waals surface area contributed by atoms with Gasteiger partial charge in [0.15, 0.2) is 0 Å². The first kappa shape index (κ1) is 9.71. The maximum atomic E-state index is 10.7. The Hall–Kier alpha value is -0.380. The summed E-state index contributed by atoms with van der Waals surface area (Å²) in [5.74, 6) is 0.0677. The standard InChI is InChI=1S/C10H11IO/c1-2-8(7-12)9-5-3-4-6-10(9)11/h3-8H,2H2,1H3. The van der Waals surface area contributed by atoms with Crippen LogP contribution < -0.4 is 0 Å². The van der Waals surface area contributed by atoms with E-state index in [1.165, 1.54) is 3.57 Å². The van der Waals surface area contributed by atoms with Crippen LogP contribution in [0.15, 0.2) is 24.3 Å². The van der Waals surface area contributed by atoms with Crippen LogP contribution in [0.25, 0.3) is 0 Å². The van der Waals surface area contributed by atoms with Gasteiger partial charge in [0.1, 0.15) is 6.29 Å². The van der Waals surface area contributed by atoms with Crippen molar-refractivity contribution in [3.05, 3.63) is 33.4 Å². The average molecular weight is 274 g/mol. The van der Waals surface area contributed by atoms with E-state index < -0.39 is 0 Å². The van der Waals surface area contributed by atoms with Gasteiger partial charge in [0.2, 0.25) is 0 Å². The summed E-state index contributed by atoms with van der Waals surface area (Å²) in [7, 11) is 0. The molecular weight excluding hydrogens is 263 g/mol. The Morgan fingerprint density at radius 1 is 1.50 bits per heavy atom. The fraction of sp³-hybridized carbons (Fsp3) is 0.300. The molecule has 0 heterocycles. The van der Waals surface area contributed by atoms with Crippen LogP contribution in [0.1, 0.15) is 24.8 Å². The van der Waals surface area contributed by atoms with E-state index in [-0.39, 0.29) is 5.92 Å². The zero-order valence-electron chi connectivity index (χ0n) is 6.96. The van der Waals surface area contributed by atoms with Crippen molar-refractivity contribution in [1.82, 2.24) is 0 Å². The smallest absolute Gasteiger partial charge is 0.127 e. The second-order valence-electron chi connectivity index (χ2n) is 2.67. The molecule has 1 rings (SSSR count). The van der Waals surface area contributed by atoms with Crippen LogP contribution in [0.5, 0.6) is 0 Å². The third-order valence-electron chi connectivity index (χ3n) is 1.91. The number of halogens is 1. The van der Waals surface area contributed by atoms with Crippen molar-refractivity contribution in [3.8, 4) is 0 Å². The normalized spacial score (nSPS) is 12.5. The molecule has 64 valence electrons. The van der Waals surface area contributed by atoms with Crippen molar-refractivity contribution < 1.29 is 4.79 Å². The average Bonchev–Trinajstić information content (AvgIpc) is 2.10. The van der Waals surface area contributed by atoms with Crippen molar-refractivity contribution in [2.75, 3.05) is 0 Å². The summed E-state index contributed by atoms with van der Waals surface area (Å²) >= 11 is 2.26. The summed E-state index contributed by atoms with van der Waals surface area (Å²) in [6.45, 7) is 2.03. The Kier molecular flexibility index (Phi) is 3.72. The third-order valence-corrected chi connectivity index (χ3v) is 2.89. The molecule has 0 aliphatic carbocycles. The molecule has 0 amide bonds. The largest absolute Gasteiger partial charge is 0.303 e. The Bertz CT molecular complexity index is 270. The molecule has 0 radical (unpaired) electrons. The van der Waals surface area contributed by atoms with Gasteiger partial charge in [-0.25, -0.2) is 0 Å². The number of aldehydes is 1. The van der Waals surface area contributed by atoms with E-state index in [4.69, 9.17) is 0 Å². The van der Waals surface area contributed by atoms with Gasteiger partial charge in [-0.15, -0.1) is 0 Å². The van der Waals surface area contributed by atoms with Gasteiger partial charge in [-0.2, -0.15) is 0 Å². The number of hydrogen-bond acceptors (Lipinski definition) is 1. The van der Waals surface area contributed by atoms with Crippen LogP contribution >= 0.6 is 22.6 Å². The molecule has 1 unspecified atom stereocenters. The molecule has 0 aliphatic heterocycles. The summed E-state index contributed by atoms with van der Waals surface area (Å²) in [5, 5.41) is 0. The van der Waals surface area contributed by atoms with Gasteiger partial charge in [0, 0.05) is 9.49 Å². The maximum Gasteiger partial charge on any atom is 0.127 e. The Labute approximate surface area is 86.3 Å². The number of carbonyl (C=O) groups excluding carboxylic acids is 1. The number of benzene rings is 1. The zero-order chi connectivity index (χ0) is 8.97. The van der Waals surface area contributed by atoms with Crippen LogP contribution in [-0.2, 0) is 4.79 Å². The van der Waals surface area contributed by atoms with E-state index in [1.807, 2.05) is 31.2 Å². The van der Waals surface area contributed by atoms with Gasteiger partial charge in [0.05, 0.1) is 0 Å². The highest BCUT2D eigenvalue weighted by Crippen LogP contribution is 2.22. The molecule has 0 N–H and O–H groups in total. The number of carbonyl (C=O) groups is 1. The summed E-state index contributed by atoms with van der Waals surface area (Å²) in [5.41, 5.74) is 1.15. The highest BCUT2D eigenvalue weighted by molar-refractivity contribution is 14.1. The lowest BCUT2D eigenvalue weighted by molar-refractivity contribution is -0.109. The van der Waals surface area contributed by atoms with Gasteiger partial charge in [-0.1, -0.05) is 25.1 Å². The molecule has 1 nitrogen and oxygen atoms in total. The van der Waals surface area contributed by atoms with Crippen molar-refractivity contribution >= 4 is 28.9 Å². The van der Waals surface area contributed by atoms with Crippen molar-refractivity contribution in [1.29, 1.82) is 0 Å². The molecule has 0 spiro atoms. The van der Waals surface area contributed by atoms with E-state index in [0.29, 0.717) is 0 Å². The lowest BCUT2D eigenvalue weighted by Gasteiger charge is -2.08. The fourth-order valence-electron chi connectivity index (χ4n) is 1.17. The minimum absolute atomic E-state index is 0.0677. The lowest BCUT2D eigenvalue weighted by Crippen LogP contribution is -2.00. The highest BCUT2D eigenvalue weighted by Gasteiger charge is 2.09. The molecular formula is C10H11IO. The molecule has 1 atom stereocenters. The maximum absolute atomic E-state index is 10.7. The molecule has 0 aliphatic rings. The predicted molar refractivity (Wildman–Crippen MR) is 58.3 cm³/mol. The van der Waals surface area contributed by atoms with Crippen LogP contribution in [0.3, 0.4) is 0 Å². The predicted octanol–water partition coefficient (Wildman–Crippen LogP) is 2.98. The molecule has 1 aromatic rings. The van der Waals surface area contributed by atoms with E-state index in [2.05, 4.69) is 22.6 Å². The Morgan fingerprint density at radius 2 is 2.17 bits per heavy atom. The zero-order valence-corrected chi connectivity index (χ0v) is 9.11.